The highest BCUT2D eigenvalue weighted by atomic mass is 32.1. The third-order valence-electron chi connectivity index (χ3n) is 7.15. The Labute approximate surface area is 253 Å². The summed E-state index contributed by atoms with van der Waals surface area (Å²) < 4.78 is 10.8. The average molecular weight is 598 g/mol. The number of amides is 1. The normalized spacial score (nSPS) is 15.9. The van der Waals surface area contributed by atoms with Gasteiger partial charge in [0.1, 0.15) is 23.0 Å². The van der Waals surface area contributed by atoms with Crippen LogP contribution in [0.3, 0.4) is 0 Å². The van der Waals surface area contributed by atoms with Gasteiger partial charge in [-0.1, -0.05) is 53.3 Å². The number of aromatic nitrogens is 1. The molecule has 1 N–H and O–H groups in total. The molecule has 220 valence electrons. The Bertz CT molecular complexity index is 1720. The number of esters is 1. The van der Waals surface area contributed by atoms with Crippen LogP contribution in [0.2, 0.25) is 0 Å². The first-order chi connectivity index (χ1) is 20.6. The van der Waals surface area contributed by atoms with Crippen LogP contribution in [0.4, 0.5) is 10.8 Å². The lowest BCUT2D eigenvalue weighted by molar-refractivity contribution is -0.132. The van der Waals surface area contributed by atoms with Crippen molar-refractivity contribution in [3.8, 4) is 5.75 Å². The number of methoxy groups -OCH3 is 1. The molecule has 0 saturated carbocycles. The van der Waals surface area contributed by atoms with Crippen LogP contribution in [0.15, 0.2) is 78.4 Å². The molecule has 4 aromatic rings. The lowest BCUT2D eigenvalue weighted by Crippen LogP contribution is -2.29. The zero-order chi connectivity index (χ0) is 30.8. The van der Waals surface area contributed by atoms with Gasteiger partial charge in [-0.15, -0.1) is 0 Å². The molecule has 1 atom stereocenters. The maximum absolute atomic E-state index is 13.5. The fourth-order valence-electron chi connectivity index (χ4n) is 4.90. The number of Topliss-reactive ketones (excluding diaryl/α,β-unsaturated/α-hetero) is 1. The third-order valence-corrected chi connectivity index (χ3v) is 8.28. The molecule has 3 aromatic carbocycles. The summed E-state index contributed by atoms with van der Waals surface area (Å²) in [5.41, 5.74) is 4.32. The number of hydrogen-bond acceptors (Lipinski definition) is 9. The van der Waals surface area contributed by atoms with Gasteiger partial charge in [0.25, 0.3) is 5.78 Å². The van der Waals surface area contributed by atoms with Gasteiger partial charge >= 0.3 is 11.9 Å². The molecule has 0 radical (unpaired) electrons. The molecule has 1 amide bonds. The third kappa shape index (κ3) is 5.87. The molecule has 1 aliphatic heterocycles. The molecule has 1 saturated heterocycles. The van der Waals surface area contributed by atoms with E-state index >= 15 is 0 Å². The summed E-state index contributed by atoms with van der Waals surface area (Å²) >= 11 is 0.956. The summed E-state index contributed by atoms with van der Waals surface area (Å²) in [7, 11) is 5.07. The topological polar surface area (TPSA) is 109 Å². The Morgan fingerprint density at radius 2 is 1.72 bits per heavy atom. The van der Waals surface area contributed by atoms with Crippen molar-refractivity contribution in [2.45, 2.75) is 26.5 Å². The van der Waals surface area contributed by atoms with E-state index in [-0.39, 0.29) is 21.3 Å². The molecule has 0 aliphatic carbocycles. The van der Waals surface area contributed by atoms with E-state index in [0.717, 1.165) is 28.2 Å². The zero-order valence-electron chi connectivity index (χ0n) is 24.5. The van der Waals surface area contributed by atoms with Gasteiger partial charge in [0.05, 0.1) is 24.4 Å². The van der Waals surface area contributed by atoms with Crippen molar-refractivity contribution < 1.29 is 29.0 Å². The molecule has 10 heteroatoms. The molecule has 1 unspecified atom stereocenters. The number of aliphatic hydroxyl groups is 1. The predicted molar refractivity (Wildman–Crippen MR) is 166 cm³/mol. The first-order valence-corrected chi connectivity index (χ1v) is 14.3. The van der Waals surface area contributed by atoms with Crippen LogP contribution in [-0.2, 0) is 20.9 Å². The van der Waals surface area contributed by atoms with Crippen molar-refractivity contribution >= 4 is 45.6 Å². The SMILES string of the molecule is COC(=O)c1sc(N2C(=O)C(=O)C(=C(O)c3ccc(OCc4cccc(C)c4)cc3)C2c2ccc(N(C)C)cc2)nc1C. The number of hydrogen-bond donors (Lipinski definition) is 1. The van der Waals surface area contributed by atoms with Crippen LogP contribution >= 0.6 is 11.3 Å². The number of nitrogens with zero attached hydrogens (tertiary/aromatic N) is 3. The van der Waals surface area contributed by atoms with Crippen molar-refractivity contribution in [2.24, 2.45) is 0 Å². The first kappa shape index (κ1) is 29.5. The van der Waals surface area contributed by atoms with E-state index in [9.17, 15) is 19.5 Å². The van der Waals surface area contributed by atoms with Gasteiger partial charge in [0.15, 0.2) is 5.13 Å². The van der Waals surface area contributed by atoms with Crippen molar-refractivity contribution in [1.82, 2.24) is 4.98 Å². The number of ketones is 1. The Kier molecular flexibility index (Phi) is 8.31. The average Bonchev–Trinajstić information content (AvgIpc) is 3.51. The van der Waals surface area contributed by atoms with Crippen LogP contribution < -0.4 is 14.5 Å². The van der Waals surface area contributed by atoms with E-state index in [4.69, 9.17) is 9.47 Å². The minimum atomic E-state index is -0.982. The number of benzene rings is 3. The van der Waals surface area contributed by atoms with Gasteiger partial charge < -0.3 is 19.5 Å². The maximum Gasteiger partial charge on any atom is 0.350 e. The molecular weight excluding hydrogens is 566 g/mol. The molecule has 0 spiro atoms. The summed E-state index contributed by atoms with van der Waals surface area (Å²) in [5, 5.41) is 11.7. The van der Waals surface area contributed by atoms with Crippen LogP contribution in [0.25, 0.3) is 5.76 Å². The van der Waals surface area contributed by atoms with E-state index in [1.807, 2.05) is 62.3 Å². The summed E-state index contributed by atoms with van der Waals surface area (Å²) in [6.07, 6.45) is 0. The van der Waals surface area contributed by atoms with Gasteiger partial charge in [-0.2, -0.15) is 0 Å². The zero-order valence-corrected chi connectivity index (χ0v) is 25.3. The van der Waals surface area contributed by atoms with E-state index in [1.54, 1.807) is 43.3 Å². The monoisotopic (exact) mass is 597 g/mol. The number of aliphatic hydroxyl groups excluding tert-OH is 1. The van der Waals surface area contributed by atoms with E-state index < -0.39 is 23.7 Å². The lowest BCUT2D eigenvalue weighted by atomic mass is 9.95. The van der Waals surface area contributed by atoms with Crippen molar-refractivity contribution in [2.75, 3.05) is 31.0 Å². The molecule has 5 rings (SSSR count). The Balaban J connectivity index is 1.54. The smallest absolute Gasteiger partial charge is 0.350 e. The minimum Gasteiger partial charge on any atom is -0.507 e. The van der Waals surface area contributed by atoms with E-state index in [1.165, 1.54) is 12.0 Å². The van der Waals surface area contributed by atoms with Crippen molar-refractivity contribution in [3.05, 3.63) is 111 Å². The summed E-state index contributed by atoms with van der Waals surface area (Å²) in [6, 6.07) is 21.1. The number of rotatable bonds is 8. The Morgan fingerprint density at radius 1 is 1.02 bits per heavy atom. The Hall–Kier alpha value is -4.96. The van der Waals surface area contributed by atoms with Gasteiger partial charge in [-0.25, -0.2) is 9.78 Å². The van der Waals surface area contributed by atoms with Gasteiger partial charge in [-0.05, 0) is 61.4 Å². The van der Waals surface area contributed by atoms with Crippen LogP contribution in [0.5, 0.6) is 5.75 Å². The highest BCUT2D eigenvalue weighted by molar-refractivity contribution is 7.17. The Morgan fingerprint density at radius 3 is 2.35 bits per heavy atom. The molecule has 1 aromatic heterocycles. The van der Waals surface area contributed by atoms with Crippen molar-refractivity contribution in [1.29, 1.82) is 0 Å². The first-order valence-electron chi connectivity index (χ1n) is 13.5. The van der Waals surface area contributed by atoms with Crippen LogP contribution in [0, 0.1) is 13.8 Å². The molecule has 1 fully saturated rings. The number of ether oxygens (including phenoxy) is 2. The number of thiazole rings is 1. The molecule has 0 bridgehead atoms. The minimum absolute atomic E-state index is 0.0801. The fraction of sp³-hybridized carbons (Fsp3) is 0.212. The summed E-state index contributed by atoms with van der Waals surface area (Å²) in [4.78, 5) is 47.2. The second kappa shape index (κ2) is 12.1. The standard InChI is InChI=1S/C33H31N3O6S/c1-19-7-6-8-21(17-19)18-42-25-15-11-23(12-16-25)28(37)26-27(22-9-13-24(14-10-22)35(3)4)36(31(39)29(26)38)33-34-20(2)30(43-33)32(40)41-5/h6-17,27,37H,18H2,1-5H3. The lowest BCUT2D eigenvalue weighted by Gasteiger charge is -2.23. The predicted octanol–water partition coefficient (Wildman–Crippen LogP) is 5.82. The maximum atomic E-state index is 13.5. The number of anilines is 2. The molecule has 1 aliphatic rings. The second-order valence-electron chi connectivity index (χ2n) is 10.4. The number of carbonyl (C=O) groups excluding carboxylic acids is 3. The molecular formula is C33H31N3O6S. The molecule has 9 nitrogen and oxygen atoms in total. The quantitative estimate of drug-likeness (QED) is 0.117. The summed E-state index contributed by atoms with van der Waals surface area (Å²) in [5.74, 6) is -2.04. The molecule has 2 heterocycles. The highest BCUT2D eigenvalue weighted by Crippen LogP contribution is 2.44. The second-order valence-corrected chi connectivity index (χ2v) is 11.3. The fourth-order valence-corrected chi connectivity index (χ4v) is 5.91. The van der Waals surface area contributed by atoms with Crippen molar-refractivity contribution in [3.63, 3.8) is 0 Å². The van der Waals surface area contributed by atoms with Crippen LogP contribution in [0.1, 0.15) is 43.7 Å². The summed E-state index contributed by atoms with van der Waals surface area (Å²) in [6.45, 7) is 4.02. The van der Waals surface area contributed by atoms with Gasteiger partial charge in [0.2, 0.25) is 0 Å². The van der Waals surface area contributed by atoms with E-state index in [0.29, 0.717) is 29.2 Å². The highest BCUT2D eigenvalue weighted by Gasteiger charge is 2.48. The van der Waals surface area contributed by atoms with E-state index in [2.05, 4.69) is 4.98 Å². The van der Waals surface area contributed by atoms with Crippen LogP contribution in [-0.4, -0.2) is 49.0 Å². The molecule has 43 heavy (non-hydrogen) atoms. The number of carbonyl (C=O) groups is 3. The number of aryl methyl sites for hydroxylation is 2. The van der Waals surface area contributed by atoms with Gasteiger partial charge in [-0.3, -0.25) is 14.5 Å². The largest absolute Gasteiger partial charge is 0.507 e. The van der Waals surface area contributed by atoms with Gasteiger partial charge in [0, 0.05) is 25.3 Å².